The Morgan fingerprint density at radius 3 is 2.60 bits per heavy atom. The summed E-state index contributed by atoms with van der Waals surface area (Å²) in [6, 6.07) is 8.32. The molecule has 0 unspecified atom stereocenters. The third kappa shape index (κ3) is 2.67. The smallest absolute Gasteiger partial charge is 0.186 e. The van der Waals surface area contributed by atoms with E-state index in [-0.39, 0.29) is 0 Å². The molecule has 78 valence electrons. The van der Waals surface area contributed by atoms with Crippen molar-refractivity contribution in [3.8, 4) is 0 Å². The van der Waals surface area contributed by atoms with Crippen LogP contribution in [0.5, 0.6) is 0 Å². The number of anilines is 1. The maximum absolute atomic E-state index is 5.81. The summed E-state index contributed by atoms with van der Waals surface area (Å²) in [5.41, 5.74) is 2.46. The summed E-state index contributed by atoms with van der Waals surface area (Å²) < 4.78 is 7.91. The zero-order valence-corrected chi connectivity index (χ0v) is 9.77. The van der Waals surface area contributed by atoms with Gasteiger partial charge in [-0.05, 0) is 12.5 Å². The lowest BCUT2D eigenvalue weighted by Gasteiger charge is -2.03. The van der Waals surface area contributed by atoms with Gasteiger partial charge in [-0.3, -0.25) is 0 Å². The van der Waals surface area contributed by atoms with Gasteiger partial charge in [0.1, 0.15) is 0 Å². The van der Waals surface area contributed by atoms with Gasteiger partial charge in [0, 0.05) is 6.54 Å². The highest BCUT2D eigenvalue weighted by molar-refractivity contribution is 6.99. The summed E-state index contributed by atoms with van der Waals surface area (Å²) in [5, 5.41) is 3.57. The van der Waals surface area contributed by atoms with Crippen LogP contribution in [-0.2, 0) is 6.54 Å². The molecule has 15 heavy (non-hydrogen) atoms. The largest absolute Gasteiger partial charge is 0.363 e. The molecule has 0 saturated carbocycles. The highest BCUT2D eigenvalue weighted by Gasteiger charge is 2.03. The molecule has 0 radical (unpaired) electrons. The van der Waals surface area contributed by atoms with Crippen LogP contribution >= 0.6 is 23.3 Å². The minimum atomic E-state index is 0.437. The van der Waals surface area contributed by atoms with Gasteiger partial charge in [0.05, 0.1) is 11.7 Å². The van der Waals surface area contributed by atoms with Gasteiger partial charge < -0.3 is 5.32 Å². The van der Waals surface area contributed by atoms with E-state index in [9.17, 15) is 0 Å². The van der Waals surface area contributed by atoms with E-state index in [1.807, 2.05) is 0 Å². The van der Waals surface area contributed by atoms with Crippen molar-refractivity contribution in [2.24, 2.45) is 0 Å². The van der Waals surface area contributed by atoms with Gasteiger partial charge in [0.25, 0.3) is 0 Å². The van der Waals surface area contributed by atoms with Gasteiger partial charge in [0.2, 0.25) is 0 Å². The average Bonchev–Trinajstić information content (AvgIpc) is 2.63. The summed E-state index contributed by atoms with van der Waals surface area (Å²) in [7, 11) is 0. The Morgan fingerprint density at radius 2 is 2.00 bits per heavy atom. The van der Waals surface area contributed by atoms with Crippen LogP contribution in [0.1, 0.15) is 11.1 Å². The van der Waals surface area contributed by atoms with Crippen LogP contribution in [0.4, 0.5) is 5.82 Å². The molecule has 0 amide bonds. The van der Waals surface area contributed by atoms with Crippen molar-refractivity contribution in [1.29, 1.82) is 0 Å². The van der Waals surface area contributed by atoms with E-state index >= 15 is 0 Å². The summed E-state index contributed by atoms with van der Waals surface area (Å²) >= 11 is 6.91. The van der Waals surface area contributed by atoms with Gasteiger partial charge in [-0.1, -0.05) is 41.4 Å². The molecule has 5 heteroatoms. The van der Waals surface area contributed by atoms with Crippen molar-refractivity contribution in [2.75, 3.05) is 5.32 Å². The lowest BCUT2D eigenvalue weighted by molar-refractivity contribution is 1.13. The Hall–Kier alpha value is -1.13. The lowest BCUT2D eigenvalue weighted by atomic mass is 10.1. The van der Waals surface area contributed by atoms with Crippen molar-refractivity contribution in [3.05, 3.63) is 40.5 Å². The van der Waals surface area contributed by atoms with Crippen LogP contribution in [-0.4, -0.2) is 8.75 Å². The predicted molar refractivity (Wildman–Crippen MR) is 63.4 cm³/mol. The quantitative estimate of drug-likeness (QED) is 0.895. The van der Waals surface area contributed by atoms with Crippen LogP contribution in [0.3, 0.4) is 0 Å². The van der Waals surface area contributed by atoms with E-state index in [0.29, 0.717) is 17.5 Å². The molecule has 0 saturated heterocycles. The molecule has 0 spiro atoms. The van der Waals surface area contributed by atoms with Crippen molar-refractivity contribution in [3.63, 3.8) is 0 Å². The van der Waals surface area contributed by atoms with E-state index in [1.54, 1.807) is 0 Å². The maximum Gasteiger partial charge on any atom is 0.186 e. The van der Waals surface area contributed by atoms with Crippen molar-refractivity contribution in [2.45, 2.75) is 13.5 Å². The molecule has 3 nitrogen and oxygen atoms in total. The predicted octanol–water partition coefficient (Wildman–Crippen LogP) is 3.11. The van der Waals surface area contributed by atoms with Gasteiger partial charge >= 0.3 is 0 Å². The second kappa shape index (κ2) is 4.59. The number of nitrogens with zero attached hydrogens (tertiary/aromatic N) is 2. The van der Waals surface area contributed by atoms with E-state index in [1.165, 1.54) is 11.1 Å². The molecule has 0 bridgehead atoms. The van der Waals surface area contributed by atoms with Crippen molar-refractivity contribution in [1.82, 2.24) is 8.75 Å². The Kier molecular flexibility index (Phi) is 3.18. The molecular formula is C10H10ClN3S. The van der Waals surface area contributed by atoms with Crippen molar-refractivity contribution >= 4 is 29.1 Å². The lowest BCUT2D eigenvalue weighted by Crippen LogP contribution is -1.99. The second-order valence-electron chi connectivity index (χ2n) is 3.24. The molecule has 0 atom stereocenters. The molecule has 0 aliphatic carbocycles. The monoisotopic (exact) mass is 239 g/mol. The van der Waals surface area contributed by atoms with Crippen LogP contribution in [0.2, 0.25) is 5.15 Å². The van der Waals surface area contributed by atoms with E-state index in [2.05, 4.69) is 45.3 Å². The molecule has 2 rings (SSSR count). The van der Waals surface area contributed by atoms with Crippen LogP contribution in [0, 0.1) is 6.92 Å². The number of hydrogen-bond donors (Lipinski definition) is 1. The van der Waals surface area contributed by atoms with Crippen molar-refractivity contribution < 1.29 is 0 Å². The average molecular weight is 240 g/mol. The Labute approximate surface area is 97.4 Å². The maximum atomic E-state index is 5.81. The number of halogens is 1. The molecule has 1 N–H and O–H groups in total. The number of rotatable bonds is 3. The minimum Gasteiger partial charge on any atom is -0.363 e. The molecule has 1 aromatic heterocycles. The third-order valence-corrected chi connectivity index (χ3v) is 2.92. The van der Waals surface area contributed by atoms with Crippen LogP contribution < -0.4 is 5.32 Å². The van der Waals surface area contributed by atoms with Gasteiger partial charge in [-0.15, -0.1) is 0 Å². The highest BCUT2D eigenvalue weighted by atomic mass is 35.5. The first-order valence-corrected chi connectivity index (χ1v) is 5.64. The standard InChI is InChI=1S/C10H10ClN3S/c1-7-2-4-8(5-3-7)6-12-10-9(11)13-15-14-10/h2-5H,6H2,1H3,(H,12,14). The second-order valence-corrected chi connectivity index (χ2v) is 4.13. The van der Waals surface area contributed by atoms with Crippen LogP contribution in [0.15, 0.2) is 24.3 Å². The fraction of sp³-hybridized carbons (Fsp3) is 0.200. The molecule has 0 fully saturated rings. The zero-order valence-electron chi connectivity index (χ0n) is 8.20. The van der Waals surface area contributed by atoms with Gasteiger partial charge in [0.15, 0.2) is 11.0 Å². The first kappa shape index (κ1) is 10.4. The Bertz CT molecular complexity index is 438. The summed E-state index contributed by atoms with van der Waals surface area (Å²) in [6.07, 6.45) is 0. The molecule has 0 aliphatic heterocycles. The van der Waals surface area contributed by atoms with Crippen LogP contribution in [0.25, 0.3) is 0 Å². The topological polar surface area (TPSA) is 37.8 Å². The molecule has 1 heterocycles. The number of hydrogen-bond acceptors (Lipinski definition) is 4. The summed E-state index contributed by atoms with van der Waals surface area (Å²) in [6.45, 7) is 2.78. The highest BCUT2D eigenvalue weighted by Crippen LogP contribution is 2.18. The van der Waals surface area contributed by atoms with Gasteiger partial charge in [-0.25, -0.2) is 0 Å². The minimum absolute atomic E-state index is 0.437. The Balaban J connectivity index is 1.99. The number of aromatic nitrogens is 2. The fourth-order valence-corrected chi connectivity index (χ4v) is 1.86. The van der Waals surface area contributed by atoms with Gasteiger partial charge in [-0.2, -0.15) is 8.75 Å². The van der Waals surface area contributed by atoms with E-state index in [4.69, 9.17) is 11.6 Å². The number of benzene rings is 1. The summed E-state index contributed by atoms with van der Waals surface area (Å²) in [5.74, 6) is 0.655. The SMILES string of the molecule is Cc1ccc(CNc2nsnc2Cl)cc1. The van der Waals surface area contributed by atoms with E-state index in [0.717, 1.165) is 11.7 Å². The molecule has 1 aromatic carbocycles. The fourth-order valence-electron chi connectivity index (χ4n) is 1.17. The van der Waals surface area contributed by atoms with E-state index < -0.39 is 0 Å². The number of nitrogens with one attached hydrogen (secondary N) is 1. The Morgan fingerprint density at radius 1 is 1.27 bits per heavy atom. The molecule has 2 aromatic rings. The zero-order chi connectivity index (χ0) is 10.7. The third-order valence-electron chi connectivity index (χ3n) is 2.03. The molecular weight excluding hydrogens is 230 g/mol. The first-order valence-electron chi connectivity index (χ1n) is 4.53. The molecule has 0 aliphatic rings. The number of aryl methyl sites for hydroxylation is 1. The first-order chi connectivity index (χ1) is 7.25. The summed E-state index contributed by atoms with van der Waals surface area (Å²) in [4.78, 5) is 0. The normalized spacial score (nSPS) is 10.3.